The number of para-hydroxylation sites is 1. The van der Waals surface area contributed by atoms with E-state index in [4.69, 9.17) is 0 Å². The summed E-state index contributed by atoms with van der Waals surface area (Å²) in [6.45, 7) is 0. The van der Waals surface area contributed by atoms with Crippen LogP contribution in [0, 0.1) is 11.8 Å². The summed E-state index contributed by atoms with van der Waals surface area (Å²) >= 11 is 0. The minimum Gasteiger partial charge on any atom is -0.468 e. The Kier molecular flexibility index (Phi) is 4.80. The number of anilines is 2. The van der Waals surface area contributed by atoms with Crippen LogP contribution in [0.2, 0.25) is 0 Å². The van der Waals surface area contributed by atoms with Crippen molar-refractivity contribution in [1.29, 1.82) is 0 Å². The number of rotatable bonds is 3. The summed E-state index contributed by atoms with van der Waals surface area (Å²) in [7, 11) is 1.36. The van der Waals surface area contributed by atoms with E-state index in [0.717, 1.165) is 16.9 Å². The summed E-state index contributed by atoms with van der Waals surface area (Å²) in [6.07, 6.45) is 0.112. The third-order valence-electron chi connectivity index (χ3n) is 2.64. The van der Waals surface area contributed by atoms with Crippen molar-refractivity contribution >= 4 is 17.3 Å². The van der Waals surface area contributed by atoms with Gasteiger partial charge in [-0.1, -0.05) is 30.0 Å². The topological polar surface area (TPSA) is 38.3 Å². The molecule has 0 heterocycles. The molecule has 100 valence electrons. The van der Waals surface area contributed by atoms with E-state index in [1.54, 1.807) is 0 Å². The highest BCUT2D eigenvalue weighted by Crippen LogP contribution is 2.16. The lowest BCUT2D eigenvalue weighted by molar-refractivity contribution is -0.139. The molecule has 0 radical (unpaired) electrons. The van der Waals surface area contributed by atoms with Crippen molar-refractivity contribution in [2.45, 2.75) is 6.42 Å². The molecule has 0 spiro atoms. The van der Waals surface area contributed by atoms with Crippen LogP contribution in [0.15, 0.2) is 54.6 Å². The largest absolute Gasteiger partial charge is 0.468 e. The van der Waals surface area contributed by atoms with Crippen LogP contribution in [0.3, 0.4) is 0 Å². The Morgan fingerprint density at radius 3 is 2.35 bits per heavy atom. The van der Waals surface area contributed by atoms with Crippen LogP contribution in [0.1, 0.15) is 12.0 Å². The standard InChI is InChI=1S/C17H15NO2/c1-20-17(19)9-5-6-14-10-12-16(13-11-14)18-15-7-3-2-4-8-15/h2-4,7-8,10-13,18H,9H2,1H3. The van der Waals surface area contributed by atoms with E-state index in [1.807, 2.05) is 54.6 Å². The molecular formula is C17H15NO2. The van der Waals surface area contributed by atoms with Gasteiger partial charge in [-0.05, 0) is 36.4 Å². The van der Waals surface area contributed by atoms with Gasteiger partial charge in [0.1, 0.15) is 6.42 Å². The molecular weight excluding hydrogens is 250 g/mol. The fraction of sp³-hybridized carbons (Fsp3) is 0.118. The Hall–Kier alpha value is -2.73. The Bertz CT molecular complexity index is 622. The molecule has 0 aliphatic carbocycles. The third-order valence-corrected chi connectivity index (χ3v) is 2.64. The van der Waals surface area contributed by atoms with Gasteiger partial charge in [0.15, 0.2) is 0 Å². The molecule has 0 fully saturated rings. The maximum atomic E-state index is 10.9. The van der Waals surface area contributed by atoms with Crippen LogP contribution in [-0.2, 0) is 9.53 Å². The predicted octanol–water partition coefficient (Wildman–Crippen LogP) is 3.34. The number of methoxy groups -OCH3 is 1. The lowest BCUT2D eigenvalue weighted by Gasteiger charge is -2.05. The summed E-state index contributed by atoms with van der Waals surface area (Å²) in [4.78, 5) is 10.9. The molecule has 0 saturated carbocycles. The van der Waals surface area contributed by atoms with Crippen LogP contribution >= 0.6 is 0 Å². The first-order valence-corrected chi connectivity index (χ1v) is 6.26. The number of nitrogens with one attached hydrogen (secondary N) is 1. The fourth-order valence-electron chi connectivity index (χ4n) is 1.62. The second kappa shape index (κ2) is 7.01. The molecule has 0 saturated heterocycles. The Morgan fingerprint density at radius 1 is 1.05 bits per heavy atom. The average molecular weight is 265 g/mol. The normalized spacial score (nSPS) is 9.25. The number of esters is 1. The molecule has 0 unspecified atom stereocenters. The molecule has 1 N–H and O–H groups in total. The minimum atomic E-state index is -0.320. The molecule has 3 heteroatoms. The van der Waals surface area contributed by atoms with Crippen molar-refractivity contribution in [3.8, 4) is 11.8 Å². The number of carbonyl (C=O) groups excluding carboxylic acids is 1. The number of ether oxygens (including phenoxy) is 1. The van der Waals surface area contributed by atoms with Crippen molar-refractivity contribution in [2.24, 2.45) is 0 Å². The number of carbonyl (C=O) groups is 1. The average Bonchev–Trinajstić information content (AvgIpc) is 2.50. The molecule has 0 aliphatic heterocycles. The van der Waals surface area contributed by atoms with Crippen molar-refractivity contribution in [2.75, 3.05) is 12.4 Å². The molecule has 2 aromatic carbocycles. The smallest absolute Gasteiger partial charge is 0.317 e. The first-order valence-electron chi connectivity index (χ1n) is 6.26. The van der Waals surface area contributed by atoms with Gasteiger partial charge in [0.2, 0.25) is 0 Å². The lowest BCUT2D eigenvalue weighted by atomic mass is 10.2. The van der Waals surface area contributed by atoms with Crippen molar-refractivity contribution in [1.82, 2.24) is 0 Å². The summed E-state index contributed by atoms with van der Waals surface area (Å²) in [5.74, 6) is 5.38. The van der Waals surface area contributed by atoms with Gasteiger partial charge in [0, 0.05) is 16.9 Å². The first kappa shape index (κ1) is 13.7. The summed E-state index contributed by atoms with van der Waals surface area (Å²) in [6, 6.07) is 17.7. The van der Waals surface area contributed by atoms with Gasteiger partial charge in [0.05, 0.1) is 7.11 Å². The SMILES string of the molecule is COC(=O)CC#Cc1ccc(Nc2ccccc2)cc1. The Balaban J connectivity index is 1.98. The van der Waals surface area contributed by atoms with Gasteiger partial charge in [0.25, 0.3) is 0 Å². The molecule has 2 aromatic rings. The van der Waals surface area contributed by atoms with Crippen LogP contribution in [0.4, 0.5) is 11.4 Å². The quantitative estimate of drug-likeness (QED) is 0.683. The molecule has 0 aliphatic rings. The van der Waals surface area contributed by atoms with Crippen LogP contribution < -0.4 is 5.32 Å². The van der Waals surface area contributed by atoms with E-state index >= 15 is 0 Å². The second-order valence-electron chi connectivity index (χ2n) is 4.12. The van der Waals surface area contributed by atoms with Crippen LogP contribution in [0.25, 0.3) is 0 Å². The maximum Gasteiger partial charge on any atom is 0.317 e. The fourth-order valence-corrected chi connectivity index (χ4v) is 1.62. The summed E-state index contributed by atoms with van der Waals surface area (Å²) < 4.78 is 4.52. The molecule has 2 rings (SSSR count). The van der Waals surface area contributed by atoms with E-state index in [9.17, 15) is 4.79 Å². The van der Waals surface area contributed by atoms with Crippen molar-refractivity contribution < 1.29 is 9.53 Å². The summed E-state index contributed by atoms with van der Waals surface area (Å²) in [5.41, 5.74) is 2.90. The highest BCUT2D eigenvalue weighted by molar-refractivity contribution is 5.72. The number of benzene rings is 2. The van der Waals surface area contributed by atoms with E-state index in [0.29, 0.717) is 0 Å². The summed E-state index contributed by atoms with van der Waals surface area (Å²) in [5, 5.41) is 3.29. The molecule has 0 amide bonds. The molecule has 3 nitrogen and oxygen atoms in total. The highest BCUT2D eigenvalue weighted by Gasteiger charge is 1.95. The zero-order chi connectivity index (χ0) is 14.2. The lowest BCUT2D eigenvalue weighted by Crippen LogP contribution is -1.97. The zero-order valence-corrected chi connectivity index (χ0v) is 11.2. The van der Waals surface area contributed by atoms with E-state index in [1.165, 1.54) is 7.11 Å². The van der Waals surface area contributed by atoms with Gasteiger partial charge in [-0.3, -0.25) is 4.79 Å². The van der Waals surface area contributed by atoms with Gasteiger partial charge < -0.3 is 10.1 Å². The maximum absolute atomic E-state index is 10.9. The van der Waals surface area contributed by atoms with Crippen molar-refractivity contribution in [3.63, 3.8) is 0 Å². The van der Waals surface area contributed by atoms with E-state index in [-0.39, 0.29) is 12.4 Å². The minimum absolute atomic E-state index is 0.112. The Labute approximate surface area is 118 Å². The zero-order valence-electron chi connectivity index (χ0n) is 11.2. The number of hydrogen-bond donors (Lipinski definition) is 1. The van der Waals surface area contributed by atoms with Gasteiger partial charge in [-0.15, -0.1) is 0 Å². The third kappa shape index (κ3) is 4.18. The van der Waals surface area contributed by atoms with Crippen LogP contribution in [-0.4, -0.2) is 13.1 Å². The molecule has 0 aromatic heterocycles. The molecule has 0 atom stereocenters. The van der Waals surface area contributed by atoms with Crippen LogP contribution in [0.5, 0.6) is 0 Å². The van der Waals surface area contributed by atoms with Gasteiger partial charge in [-0.2, -0.15) is 0 Å². The van der Waals surface area contributed by atoms with E-state index in [2.05, 4.69) is 21.9 Å². The van der Waals surface area contributed by atoms with Gasteiger partial charge >= 0.3 is 5.97 Å². The highest BCUT2D eigenvalue weighted by atomic mass is 16.5. The van der Waals surface area contributed by atoms with E-state index < -0.39 is 0 Å². The second-order valence-corrected chi connectivity index (χ2v) is 4.12. The predicted molar refractivity (Wildman–Crippen MR) is 79.7 cm³/mol. The molecule has 20 heavy (non-hydrogen) atoms. The van der Waals surface area contributed by atoms with Gasteiger partial charge in [-0.25, -0.2) is 0 Å². The first-order chi connectivity index (χ1) is 9.78. The Morgan fingerprint density at radius 2 is 1.70 bits per heavy atom. The number of hydrogen-bond acceptors (Lipinski definition) is 3. The monoisotopic (exact) mass is 265 g/mol. The van der Waals surface area contributed by atoms with Crippen molar-refractivity contribution in [3.05, 3.63) is 60.2 Å². The molecule has 0 bridgehead atoms.